The Bertz CT molecular complexity index is 1380. The third-order valence-electron chi connectivity index (χ3n) is 6.51. The highest BCUT2D eigenvalue weighted by molar-refractivity contribution is 6.03. The second-order valence-electron chi connectivity index (χ2n) is 9.27. The molecule has 1 aliphatic rings. The van der Waals surface area contributed by atoms with Crippen molar-refractivity contribution in [3.63, 3.8) is 0 Å². The number of hydrogen-bond donors (Lipinski definition) is 0. The summed E-state index contributed by atoms with van der Waals surface area (Å²) in [6.45, 7) is 2.50. The van der Waals surface area contributed by atoms with Gasteiger partial charge in [0.15, 0.2) is 5.76 Å². The molecule has 0 aliphatic carbocycles. The summed E-state index contributed by atoms with van der Waals surface area (Å²) in [5, 5.41) is 0. The minimum Gasteiger partial charge on any atom is -0.483 e. The number of ether oxygens (including phenoxy) is 1. The minimum absolute atomic E-state index is 0.132. The van der Waals surface area contributed by atoms with Gasteiger partial charge in [0.25, 0.3) is 0 Å². The first-order valence-corrected chi connectivity index (χ1v) is 12.2. The first kappa shape index (κ1) is 23.4. The van der Waals surface area contributed by atoms with Gasteiger partial charge in [0, 0.05) is 5.69 Å². The van der Waals surface area contributed by atoms with Crippen LogP contribution in [0, 0.1) is 0 Å². The maximum atomic E-state index is 13.1. The Labute approximate surface area is 213 Å². The van der Waals surface area contributed by atoms with Gasteiger partial charge in [0.05, 0.1) is 11.7 Å². The van der Waals surface area contributed by atoms with Gasteiger partial charge in [0.2, 0.25) is 5.78 Å². The van der Waals surface area contributed by atoms with Crippen molar-refractivity contribution < 1.29 is 9.53 Å². The third-order valence-corrected chi connectivity index (χ3v) is 6.51. The standard InChI is InChI=1S/C33H29NO2/c1-33(23-26-12-5-2-6-13-26)21-20-31(35)32(36-25-27-14-7-3-8-15-27)24-34(33)30-19-11-18-29(22-30)28-16-9-4-10-17-28/h2-22,24H,23,25H2,1H3. The Morgan fingerprint density at radius 1 is 0.722 bits per heavy atom. The number of anilines is 1. The van der Waals surface area contributed by atoms with Crippen molar-refractivity contribution in [2.45, 2.75) is 25.5 Å². The lowest BCUT2D eigenvalue weighted by Gasteiger charge is -2.38. The van der Waals surface area contributed by atoms with Gasteiger partial charge in [-0.15, -0.1) is 0 Å². The molecular formula is C33H29NO2. The van der Waals surface area contributed by atoms with Crippen LogP contribution in [0.1, 0.15) is 18.1 Å². The van der Waals surface area contributed by atoms with E-state index in [4.69, 9.17) is 4.74 Å². The van der Waals surface area contributed by atoms with Gasteiger partial charge >= 0.3 is 0 Å². The summed E-state index contributed by atoms with van der Waals surface area (Å²) in [4.78, 5) is 15.3. The van der Waals surface area contributed by atoms with Crippen LogP contribution in [-0.4, -0.2) is 11.3 Å². The summed E-state index contributed by atoms with van der Waals surface area (Å²) in [7, 11) is 0. The van der Waals surface area contributed by atoms with Gasteiger partial charge in [-0.3, -0.25) is 4.79 Å². The van der Waals surface area contributed by atoms with Gasteiger partial charge < -0.3 is 9.64 Å². The lowest BCUT2D eigenvalue weighted by atomic mass is 9.90. The predicted octanol–water partition coefficient (Wildman–Crippen LogP) is 7.36. The maximum Gasteiger partial charge on any atom is 0.221 e. The van der Waals surface area contributed by atoms with Crippen LogP contribution in [-0.2, 0) is 22.6 Å². The smallest absolute Gasteiger partial charge is 0.221 e. The Morgan fingerprint density at radius 3 is 2.03 bits per heavy atom. The summed E-state index contributed by atoms with van der Waals surface area (Å²) in [5.41, 5.74) is 5.00. The summed E-state index contributed by atoms with van der Waals surface area (Å²) in [6, 6.07) is 39.1. The molecule has 4 aromatic rings. The van der Waals surface area contributed by atoms with Crippen LogP contribution in [0.3, 0.4) is 0 Å². The largest absolute Gasteiger partial charge is 0.483 e. The average molecular weight is 472 g/mol. The Balaban J connectivity index is 1.56. The van der Waals surface area contributed by atoms with Crippen LogP contribution in [0.2, 0.25) is 0 Å². The number of hydrogen-bond acceptors (Lipinski definition) is 3. The molecule has 3 heteroatoms. The quantitative estimate of drug-likeness (QED) is 0.282. The van der Waals surface area contributed by atoms with Crippen molar-refractivity contribution in [1.29, 1.82) is 0 Å². The molecule has 0 fully saturated rings. The molecule has 178 valence electrons. The van der Waals surface area contributed by atoms with E-state index in [0.717, 1.165) is 28.8 Å². The fourth-order valence-corrected chi connectivity index (χ4v) is 4.58. The molecule has 0 radical (unpaired) electrons. The number of ketones is 1. The van der Waals surface area contributed by atoms with Crippen LogP contribution in [0.25, 0.3) is 11.1 Å². The first-order chi connectivity index (χ1) is 17.6. The van der Waals surface area contributed by atoms with Crippen molar-refractivity contribution in [3.8, 4) is 11.1 Å². The molecule has 0 saturated carbocycles. The van der Waals surface area contributed by atoms with E-state index in [9.17, 15) is 4.79 Å². The monoisotopic (exact) mass is 471 g/mol. The van der Waals surface area contributed by atoms with Crippen LogP contribution < -0.4 is 4.90 Å². The molecule has 1 heterocycles. The van der Waals surface area contributed by atoms with E-state index in [1.165, 1.54) is 5.56 Å². The number of nitrogens with zero attached hydrogens (tertiary/aromatic N) is 1. The fourth-order valence-electron chi connectivity index (χ4n) is 4.58. The van der Waals surface area contributed by atoms with E-state index in [0.29, 0.717) is 12.4 Å². The minimum atomic E-state index is -0.482. The lowest BCUT2D eigenvalue weighted by Crippen LogP contribution is -2.43. The van der Waals surface area contributed by atoms with Crippen molar-refractivity contribution in [1.82, 2.24) is 0 Å². The molecule has 0 aromatic heterocycles. The number of allylic oxidation sites excluding steroid dienone is 1. The van der Waals surface area contributed by atoms with Crippen LogP contribution >= 0.6 is 0 Å². The molecule has 0 amide bonds. The summed E-state index contributed by atoms with van der Waals surface area (Å²) in [6.07, 6.45) is 6.27. The van der Waals surface area contributed by atoms with Crippen LogP contribution in [0.15, 0.2) is 139 Å². The molecule has 0 N–H and O–H groups in total. The van der Waals surface area contributed by atoms with Crippen molar-refractivity contribution in [2.24, 2.45) is 0 Å². The highest BCUT2D eigenvalue weighted by atomic mass is 16.5. The SMILES string of the molecule is CC1(Cc2ccccc2)C=CC(=O)C(OCc2ccccc2)=CN1c1cccc(-c2ccccc2)c1. The average Bonchev–Trinajstić information content (AvgIpc) is 3.05. The molecule has 0 spiro atoms. The normalized spacial score (nSPS) is 17.4. The van der Waals surface area contributed by atoms with Gasteiger partial charge in [-0.25, -0.2) is 0 Å². The zero-order chi connectivity index (χ0) is 24.8. The molecule has 3 nitrogen and oxygen atoms in total. The Hall–Kier alpha value is -4.37. The summed E-state index contributed by atoms with van der Waals surface area (Å²) in [5.74, 6) is 0.198. The molecule has 4 aromatic carbocycles. The van der Waals surface area contributed by atoms with Crippen molar-refractivity contribution >= 4 is 11.5 Å². The van der Waals surface area contributed by atoms with Crippen LogP contribution in [0.4, 0.5) is 5.69 Å². The van der Waals surface area contributed by atoms with Gasteiger partial charge in [0.1, 0.15) is 6.61 Å². The lowest BCUT2D eigenvalue weighted by molar-refractivity contribution is -0.114. The van der Waals surface area contributed by atoms with Crippen LogP contribution in [0.5, 0.6) is 0 Å². The summed E-state index contributed by atoms with van der Waals surface area (Å²) >= 11 is 0. The molecule has 1 unspecified atom stereocenters. The number of benzene rings is 4. The first-order valence-electron chi connectivity index (χ1n) is 12.2. The second-order valence-corrected chi connectivity index (χ2v) is 9.27. The van der Waals surface area contributed by atoms with Gasteiger partial charge in [-0.1, -0.05) is 109 Å². The molecule has 5 rings (SSSR count). The van der Waals surface area contributed by atoms with Gasteiger partial charge in [-0.2, -0.15) is 0 Å². The van der Waals surface area contributed by atoms with E-state index >= 15 is 0 Å². The molecule has 1 aliphatic heterocycles. The molecular weight excluding hydrogens is 442 g/mol. The topological polar surface area (TPSA) is 29.5 Å². The molecule has 1 atom stereocenters. The highest BCUT2D eigenvalue weighted by Crippen LogP contribution is 2.34. The zero-order valence-corrected chi connectivity index (χ0v) is 20.4. The number of carbonyl (C=O) groups excluding carboxylic acids is 1. The van der Waals surface area contributed by atoms with Crippen molar-refractivity contribution in [3.05, 3.63) is 150 Å². The van der Waals surface area contributed by atoms with E-state index < -0.39 is 5.54 Å². The summed E-state index contributed by atoms with van der Waals surface area (Å²) < 4.78 is 6.09. The number of carbonyl (C=O) groups is 1. The van der Waals surface area contributed by atoms with E-state index in [1.807, 2.05) is 66.9 Å². The van der Waals surface area contributed by atoms with Crippen molar-refractivity contribution in [2.75, 3.05) is 4.90 Å². The maximum absolute atomic E-state index is 13.1. The molecule has 0 bridgehead atoms. The fraction of sp³-hybridized carbons (Fsp3) is 0.121. The Kier molecular flexibility index (Phi) is 6.81. The Morgan fingerprint density at radius 2 is 1.33 bits per heavy atom. The molecule has 0 saturated heterocycles. The zero-order valence-electron chi connectivity index (χ0n) is 20.4. The van der Waals surface area contributed by atoms with Gasteiger partial charge in [-0.05, 0) is 53.8 Å². The second kappa shape index (κ2) is 10.5. The number of rotatable bonds is 7. The van der Waals surface area contributed by atoms with E-state index in [1.54, 1.807) is 6.08 Å². The molecule has 36 heavy (non-hydrogen) atoms. The predicted molar refractivity (Wildman–Crippen MR) is 146 cm³/mol. The van der Waals surface area contributed by atoms with E-state index in [-0.39, 0.29) is 5.78 Å². The highest BCUT2D eigenvalue weighted by Gasteiger charge is 2.33. The third kappa shape index (κ3) is 5.31. The van der Waals surface area contributed by atoms with E-state index in [2.05, 4.69) is 72.5 Å².